The molecule has 0 aromatic heterocycles. The second-order valence-corrected chi connectivity index (χ2v) is 7.17. The number of nitriles is 1. The molecule has 0 atom stereocenters. The van der Waals surface area contributed by atoms with Gasteiger partial charge in [0.2, 0.25) is 0 Å². The van der Waals surface area contributed by atoms with Crippen LogP contribution in [0.5, 0.6) is 0 Å². The molecule has 1 heterocycles. The SMILES string of the molecule is C#CCNC(=NC)/C(=C/C1CCN(Cc2ccc(C#N)cc2)CC1)SC=O. The molecule has 0 bridgehead atoms. The van der Waals surface area contributed by atoms with Gasteiger partial charge in [-0.1, -0.05) is 35.9 Å². The molecule has 1 aromatic rings. The van der Waals surface area contributed by atoms with E-state index in [1.54, 1.807) is 7.05 Å². The van der Waals surface area contributed by atoms with E-state index in [-0.39, 0.29) is 0 Å². The van der Waals surface area contributed by atoms with E-state index in [1.807, 2.05) is 24.3 Å². The predicted molar refractivity (Wildman–Crippen MR) is 112 cm³/mol. The molecule has 140 valence electrons. The van der Waals surface area contributed by atoms with Crippen molar-refractivity contribution in [1.82, 2.24) is 10.2 Å². The van der Waals surface area contributed by atoms with Crippen molar-refractivity contribution in [1.29, 1.82) is 5.26 Å². The summed E-state index contributed by atoms with van der Waals surface area (Å²) in [6, 6.07) is 9.91. The van der Waals surface area contributed by atoms with Gasteiger partial charge >= 0.3 is 0 Å². The number of likely N-dealkylation sites (tertiary alicyclic amines) is 1. The first kappa shape index (κ1) is 20.8. The van der Waals surface area contributed by atoms with Crippen LogP contribution in [0.1, 0.15) is 24.0 Å². The number of hydrogen-bond acceptors (Lipinski definition) is 5. The Labute approximate surface area is 165 Å². The van der Waals surface area contributed by atoms with Crippen molar-refractivity contribution in [2.75, 3.05) is 26.7 Å². The minimum atomic E-state index is 0.381. The van der Waals surface area contributed by atoms with Crippen LogP contribution >= 0.6 is 11.8 Å². The van der Waals surface area contributed by atoms with Crippen LogP contribution in [0, 0.1) is 29.6 Å². The van der Waals surface area contributed by atoms with Gasteiger partial charge in [0.05, 0.1) is 23.1 Å². The number of allylic oxidation sites excluding steroid dienone is 1. The van der Waals surface area contributed by atoms with Gasteiger partial charge in [0, 0.05) is 13.6 Å². The number of nitrogens with one attached hydrogen (secondary N) is 1. The van der Waals surface area contributed by atoms with Gasteiger partial charge in [0.1, 0.15) is 5.84 Å². The highest BCUT2D eigenvalue weighted by Crippen LogP contribution is 2.25. The highest BCUT2D eigenvalue weighted by Gasteiger charge is 2.19. The number of hydrogen-bond donors (Lipinski definition) is 1. The highest BCUT2D eigenvalue weighted by molar-refractivity contribution is 8.16. The maximum absolute atomic E-state index is 11.0. The third kappa shape index (κ3) is 6.60. The molecule has 0 aliphatic carbocycles. The Morgan fingerprint density at radius 2 is 2.11 bits per heavy atom. The quantitative estimate of drug-likeness (QED) is 0.341. The molecule has 0 unspecified atom stereocenters. The fraction of sp³-hybridized carbons (Fsp3) is 0.381. The first-order chi connectivity index (χ1) is 13.2. The van der Waals surface area contributed by atoms with Crippen LogP contribution in [0.3, 0.4) is 0 Å². The average Bonchev–Trinajstić information content (AvgIpc) is 2.70. The summed E-state index contributed by atoms with van der Waals surface area (Å²) in [5.41, 5.74) is 2.74. The summed E-state index contributed by atoms with van der Waals surface area (Å²) in [5, 5.41) is 12.0. The first-order valence-corrected chi connectivity index (χ1v) is 9.76. The summed E-state index contributed by atoms with van der Waals surface area (Å²) in [6.45, 7) is 3.27. The van der Waals surface area contributed by atoms with Crippen LogP contribution in [0.25, 0.3) is 0 Å². The van der Waals surface area contributed by atoms with Crippen LogP contribution < -0.4 is 5.32 Å². The van der Waals surface area contributed by atoms with Crippen LogP contribution in [0.15, 0.2) is 40.2 Å². The average molecular weight is 381 g/mol. The highest BCUT2D eigenvalue weighted by atomic mass is 32.2. The van der Waals surface area contributed by atoms with E-state index >= 15 is 0 Å². The van der Waals surface area contributed by atoms with Crippen molar-refractivity contribution in [3.8, 4) is 18.4 Å². The molecule has 5 nitrogen and oxygen atoms in total. The Morgan fingerprint density at radius 3 is 2.67 bits per heavy atom. The number of carbonyl (C=O) groups is 1. The maximum atomic E-state index is 11.0. The third-order valence-electron chi connectivity index (χ3n) is 4.50. The molecule has 2 rings (SSSR count). The molecule has 27 heavy (non-hydrogen) atoms. The zero-order valence-corrected chi connectivity index (χ0v) is 16.3. The minimum Gasteiger partial charge on any atom is -0.359 e. The van der Waals surface area contributed by atoms with E-state index in [4.69, 9.17) is 11.7 Å². The number of rotatable bonds is 7. The van der Waals surface area contributed by atoms with Gasteiger partial charge < -0.3 is 5.32 Å². The number of nitrogens with zero attached hydrogens (tertiary/aromatic N) is 3. The molecule has 1 aliphatic heterocycles. The lowest BCUT2D eigenvalue weighted by atomic mass is 9.95. The summed E-state index contributed by atoms with van der Waals surface area (Å²) in [4.78, 5) is 18.5. The lowest BCUT2D eigenvalue weighted by Crippen LogP contribution is -2.33. The number of terminal acetylenes is 1. The van der Waals surface area contributed by atoms with Gasteiger partial charge in [-0.3, -0.25) is 14.7 Å². The zero-order valence-electron chi connectivity index (χ0n) is 15.5. The molecule has 6 heteroatoms. The van der Waals surface area contributed by atoms with Crippen molar-refractivity contribution in [2.24, 2.45) is 10.9 Å². The maximum Gasteiger partial charge on any atom is 0.181 e. The van der Waals surface area contributed by atoms with Gasteiger partial charge in [-0.15, -0.1) is 6.42 Å². The Hall–Kier alpha value is -2.54. The smallest absolute Gasteiger partial charge is 0.181 e. The Morgan fingerprint density at radius 1 is 1.41 bits per heavy atom. The summed E-state index contributed by atoms with van der Waals surface area (Å²) in [5.74, 6) is 3.61. The standard InChI is InChI=1S/C21H24N4OS/c1-3-10-24-21(23-2)20(27-16-26)13-17-8-11-25(12-9-17)15-19-6-4-18(14-22)5-7-19/h1,4-7,13,16-17H,8-12,15H2,2H3,(H,23,24)/b20-13-. The zero-order chi connectivity index (χ0) is 19.5. The topological polar surface area (TPSA) is 68.5 Å². The molecule has 1 N–H and O–H groups in total. The van der Waals surface area contributed by atoms with Crippen molar-refractivity contribution in [3.63, 3.8) is 0 Å². The molecule has 0 saturated carbocycles. The second-order valence-electron chi connectivity index (χ2n) is 6.30. The minimum absolute atomic E-state index is 0.381. The Kier molecular flexibility index (Phi) is 8.64. The van der Waals surface area contributed by atoms with Crippen LogP contribution in [-0.4, -0.2) is 43.0 Å². The fourth-order valence-corrected chi connectivity index (χ4v) is 3.72. The van der Waals surface area contributed by atoms with Crippen LogP contribution in [0.2, 0.25) is 0 Å². The van der Waals surface area contributed by atoms with Crippen molar-refractivity contribution in [2.45, 2.75) is 19.4 Å². The lowest BCUT2D eigenvalue weighted by molar-refractivity contribution is 0.195. The molecule has 1 fully saturated rings. The molecule has 0 radical (unpaired) electrons. The van der Waals surface area contributed by atoms with Crippen molar-refractivity contribution >= 4 is 23.2 Å². The monoisotopic (exact) mass is 380 g/mol. The van der Waals surface area contributed by atoms with Crippen molar-refractivity contribution in [3.05, 3.63) is 46.4 Å². The number of aliphatic imine (C=N–C) groups is 1. The molecule has 1 aromatic carbocycles. The summed E-state index contributed by atoms with van der Waals surface area (Å²) in [7, 11) is 1.69. The van der Waals surface area contributed by atoms with E-state index in [9.17, 15) is 4.79 Å². The summed E-state index contributed by atoms with van der Waals surface area (Å²) >= 11 is 1.14. The second kappa shape index (κ2) is 11.2. The lowest BCUT2D eigenvalue weighted by Gasteiger charge is -2.31. The molecular weight excluding hydrogens is 356 g/mol. The van der Waals surface area contributed by atoms with Gasteiger partial charge in [-0.25, -0.2) is 0 Å². The van der Waals surface area contributed by atoms with Gasteiger partial charge in [0.25, 0.3) is 0 Å². The molecular formula is C21H24N4OS. The normalized spacial score (nSPS) is 16.4. The van der Waals surface area contributed by atoms with Gasteiger partial charge in [-0.05, 0) is 49.5 Å². The van der Waals surface area contributed by atoms with E-state index in [2.05, 4.69) is 33.3 Å². The predicted octanol–water partition coefficient (Wildman–Crippen LogP) is 2.83. The largest absolute Gasteiger partial charge is 0.359 e. The fourth-order valence-electron chi connectivity index (χ4n) is 3.07. The van der Waals surface area contributed by atoms with Crippen LogP contribution in [0.4, 0.5) is 0 Å². The number of piperidine rings is 1. The van der Waals surface area contributed by atoms with Crippen LogP contribution in [-0.2, 0) is 11.3 Å². The van der Waals surface area contributed by atoms with Gasteiger partial charge in [0.15, 0.2) is 5.62 Å². The number of benzene rings is 1. The number of amidine groups is 1. The number of thioether (sulfide) groups is 1. The molecule has 0 amide bonds. The van der Waals surface area contributed by atoms with Crippen molar-refractivity contribution < 1.29 is 4.79 Å². The number of carbonyl (C=O) groups excluding carboxylic acids is 1. The summed E-state index contributed by atoms with van der Waals surface area (Å²) in [6.07, 6.45) is 9.51. The molecule has 1 saturated heterocycles. The van der Waals surface area contributed by atoms with E-state index in [0.717, 1.165) is 54.8 Å². The van der Waals surface area contributed by atoms with E-state index in [1.165, 1.54) is 5.56 Å². The molecule has 1 aliphatic rings. The van der Waals surface area contributed by atoms with Gasteiger partial charge in [-0.2, -0.15) is 5.26 Å². The van der Waals surface area contributed by atoms with E-state index < -0.39 is 0 Å². The first-order valence-electron chi connectivity index (χ1n) is 8.88. The van der Waals surface area contributed by atoms with E-state index in [0.29, 0.717) is 23.9 Å². The third-order valence-corrected chi connectivity index (χ3v) is 5.18. The Balaban J connectivity index is 1.93. The Bertz CT molecular complexity index is 763. The summed E-state index contributed by atoms with van der Waals surface area (Å²) < 4.78 is 0. The molecule has 0 spiro atoms.